The molecule has 3 rings (SSSR count). The molecule has 1 aliphatic heterocycles. The van der Waals surface area contributed by atoms with Crippen LogP contribution in [0.4, 0.5) is 8.78 Å². The zero-order valence-electron chi connectivity index (χ0n) is 18.2. The molecule has 0 atom stereocenters. The first-order valence-corrected chi connectivity index (χ1v) is 11.1. The Hall–Kier alpha value is -1.49. The summed E-state index contributed by atoms with van der Waals surface area (Å²) >= 11 is 0. The molecule has 1 saturated heterocycles. The number of rotatable bonds is 6. The molecule has 0 spiro atoms. The number of piperidine rings is 1. The number of hydrogen-bond donors (Lipinski definition) is 1. The van der Waals surface area contributed by atoms with E-state index in [2.05, 4.69) is 31.0 Å². The summed E-state index contributed by atoms with van der Waals surface area (Å²) in [6.45, 7) is 9.13. The van der Waals surface area contributed by atoms with E-state index in [1.807, 2.05) is 0 Å². The third-order valence-electron chi connectivity index (χ3n) is 6.78. The van der Waals surface area contributed by atoms with Crippen LogP contribution in [-0.4, -0.2) is 42.7 Å². The van der Waals surface area contributed by atoms with Crippen LogP contribution in [0.25, 0.3) is 0 Å². The third kappa shape index (κ3) is 5.36. The molecule has 1 heterocycles. The number of amides is 1. The zero-order chi connectivity index (χ0) is 21.1. The summed E-state index contributed by atoms with van der Waals surface area (Å²) in [5.74, 6) is -0.557. The van der Waals surface area contributed by atoms with Gasteiger partial charge in [-0.3, -0.25) is 4.79 Å². The van der Waals surface area contributed by atoms with Crippen molar-refractivity contribution in [2.24, 2.45) is 5.41 Å². The topological polar surface area (TPSA) is 32.3 Å². The molecule has 1 N–H and O–H groups in total. The van der Waals surface area contributed by atoms with E-state index in [1.54, 1.807) is 18.2 Å². The van der Waals surface area contributed by atoms with Crippen molar-refractivity contribution in [2.75, 3.05) is 26.2 Å². The molecule has 2 aliphatic rings. The number of alkyl halides is 1. The Morgan fingerprint density at radius 2 is 1.72 bits per heavy atom. The number of benzene rings is 1. The van der Waals surface area contributed by atoms with Crippen LogP contribution in [0.2, 0.25) is 0 Å². The fourth-order valence-corrected chi connectivity index (χ4v) is 4.70. The fraction of sp³-hybridized carbons (Fsp3) is 0.708. The van der Waals surface area contributed by atoms with Gasteiger partial charge in [-0.15, -0.1) is 0 Å². The van der Waals surface area contributed by atoms with Gasteiger partial charge in [0.1, 0.15) is 11.5 Å². The van der Waals surface area contributed by atoms with Crippen LogP contribution in [-0.2, 0) is 10.2 Å². The van der Waals surface area contributed by atoms with Gasteiger partial charge in [-0.05, 0) is 50.1 Å². The number of carbonyl (C=O) groups excluding carboxylic acids is 1. The van der Waals surface area contributed by atoms with E-state index >= 15 is 4.39 Å². The van der Waals surface area contributed by atoms with Crippen molar-refractivity contribution in [1.82, 2.24) is 10.2 Å². The molecule has 3 nitrogen and oxygen atoms in total. The van der Waals surface area contributed by atoms with E-state index in [0.29, 0.717) is 31.2 Å². The van der Waals surface area contributed by atoms with Gasteiger partial charge >= 0.3 is 0 Å². The SMILES string of the molecule is CC(C)(C)CCN1CCC(F)(CNC(=O)C2(c3ccccc3F)CCCC2)CC1. The van der Waals surface area contributed by atoms with Gasteiger partial charge in [0.25, 0.3) is 0 Å². The van der Waals surface area contributed by atoms with Gasteiger partial charge in [-0.1, -0.05) is 51.8 Å². The van der Waals surface area contributed by atoms with Gasteiger partial charge in [0.05, 0.1) is 12.0 Å². The van der Waals surface area contributed by atoms with Crippen LogP contribution in [0.3, 0.4) is 0 Å². The standard InChI is InChI=1S/C24H36F2N2O/c1-22(2,3)12-15-28-16-13-23(26,14-17-28)18-27-21(29)24(10-6-7-11-24)19-8-4-5-9-20(19)25/h4-5,8-9H,6-7,10-18H2,1-3H3,(H,27,29). The Bertz CT molecular complexity index is 699. The molecule has 29 heavy (non-hydrogen) atoms. The van der Waals surface area contributed by atoms with Gasteiger partial charge < -0.3 is 10.2 Å². The lowest BCUT2D eigenvalue weighted by Crippen LogP contribution is -2.52. The second-order valence-electron chi connectivity index (χ2n) is 10.3. The molecule has 1 aromatic rings. The van der Waals surface area contributed by atoms with Crippen LogP contribution in [0, 0.1) is 11.2 Å². The van der Waals surface area contributed by atoms with E-state index in [1.165, 1.54) is 6.07 Å². The second-order valence-corrected chi connectivity index (χ2v) is 10.3. The number of nitrogens with one attached hydrogen (secondary N) is 1. The van der Waals surface area contributed by atoms with Crippen molar-refractivity contribution >= 4 is 5.91 Å². The predicted molar refractivity (Wildman–Crippen MR) is 113 cm³/mol. The summed E-state index contributed by atoms with van der Waals surface area (Å²) in [6.07, 6.45) is 5.00. The summed E-state index contributed by atoms with van der Waals surface area (Å²) < 4.78 is 29.8. The minimum Gasteiger partial charge on any atom is -0.352 e. The first kappa shape index (κ1) is 22.2. The molecule has 0 bridgehead atoms. The number of halogens is 2. The number of likely N-dealkylation sites (tertiary alicyclic amines) is 1. The quantitative estimate of drug-likeness (QED) is 0.721. The second kappa shape index (κ2) is 8.71. The summed E-state index contributed by atoms with van der Waals surface area (Å²) in [7, 11) is 0. The van der Waals surface area contributed by atoms with Crippen LogP contribution in [0.1, 0.15) is 71.3 Å². The Morgan fingerprint density at radius 1 is 1.10 bits per heavy atom. The molecule has 1 saturated carbocycles. The Labute approximate surface area is 174 Å². The molecule has 0 radical (unpaired) electrons. The van der Waals surface area contributed by atoms with Gasteiger partial charge in [-0.25, -0.2) is 8.78 Å². The molecular weight excluding hydrogens is 370 g/mol. The molecule has 1 aliphatic carbocycles. The normalized spacial score (nSPS) is 21.8. The molecule has 0 unspecified atom stereocenters. The van der Waals surface area contributed by atoms with E-state index in [4.69, 9.17) is 0 Å². The van der Waals surface area contributed by atoms with Crippen LogP contribution < -0.4 is 5.32 Å². The molecule has 1 amide bonds. The zero-order valence-corrected chi connectivity index (χ0v) is 18.2. The van der Waals surface area contributed by atoms with Crippen molar-refractivity contribution in [3.8, 4) is 0 Å². The van der Waals surface area contributed by atoms with Crippen LogP contribution in [0.15, 0.2) is 24.3 Å². The van der Waals surface area contributed by atoms with Crippen molar-refractivity contribution in [1.29, 1.82) is 0 Å². The Balaban J connectivity index is 1.58. The maximum Gasteiger partial charge on any atom is 0.230 e. The minimum atomic E-state index is -1.37. The highest BCUT2D eigenvalue weighted by Gasteiger charge is 2.45. The van der Waals surface area contributed by atoms with Crippen molar-refractivity contribution in [3.05, 3.63) is 35.6 Å². The van der Waals surface area contributed by atoms with Gasteiger partial charge in [0.2, 0.25) is 5.91 Å². The molecule has 0 aromatic heterocycles. The smallest absolute Gasteiger partial charge is 0.230 e. The Morgan fingerprint density at radius 3 is 2.31 bits per heavy atom. The lowest BCUT2D eigenvalue weighted by Gasteiger charge is -2.38. The van der Waals surface area contributed by atoms with E-state index in [9.17, 15) is 9.18 Å². The maximum absolute atomic E-state index is 15.4. The molecule has 5 heteroatoms. The van der Waals surface area contributed by atoms with E-state index < -0.39 is 11.1 Å². The highest BCUT2D eigenvalue weighted by atomic mass is 19.1. The van der Waals surface area contributed by atoms with Gasteiger partial charge in [-0.2, -0.15) is 0 Å². The largest absolute Gasteiger partial charge is 0.352 e. The minimum absolute atomic E-state index is 0.0230. The highest BCUT2D eigenvalue weighted by molar-refractivity contribution is 5.88. The lowest BCUT2D eigenvalue weighted by atomic mass is 9.77. The first-order chi connectivity index (χ1) is 13.6. The predicted octanol–water partition coefficient (Wildman–Crippen LogP) is 4.99. The van der Waals surface area contributed by atoms with Crippen molar-refractivity contribution in [3.63, 3.8) is 0 Å². The first-order valence-electron chi connectivity index (χ1n) is 11.1. The van der Waals surface area contributed by atoms with Gasteiger partial charge in [0.15, 0.2) is 0 Å². The van der Waals surface area contributed by atoms with Gasteiger partial charge in [0, 0.05) is 18.7 Å². The molecule has 1 aromatic carbocycles. The monoisotopic (exact) mass is 406 g/mol. The summed E-state index contributed by atoms with van der Waals surface area (Å²) in [4.78, 5) is 15.4. The number of carbonyl (C=O) groups is 1. The van der Waals surface area contributed by atoms with Crippen molar-refractivity contribution in [2.45, 2.75) is 76.8 Å². The molecular formula is C24H36F2N2O. The summed E-state index contributed by atoms with van der Waals surface area (Å²) in [6, 6.07) is 6.53. The van der Waals surface area contributed by atoms with Crippen LogP contribution in [0.5, 0.6) is 0 Å². The highest BCUT2D eigenvalue weighted by Crippen LogP contribution is 2.42. The van der Waals surface area contributed by atoms with E-state index in [0.717, 1.165) is 38.9 Å². The third-order valence-corrected chi connectivity index (χ3v) is 6.78. The average molecular weight is 407 g/mol. The van der Waals surface area contributed by atoms with Crippen molar-refractivity contribution < 1.29 is 13.6 Å². The maximum atomic E-state index is 15.4. The molecule has 2 fully saturated rings. The van der Waals surface area contributed by atoms with Crippen LogP contribution >= 0.6 is 0 Å². The summed E-state index contributed by atoms with van der Waals surface area (Å²) in [5, 5.41) is 2.87. The number of hydrogen-bond acceptors (Lipinski definition) is 2. The van der Waals surface area contributed by atoms with E-state index in [-0.39, 0.29) is 23.7 Å². The summed E-state index contributed by atoms with van der Waals surface area (Å²) in [5.41, 5.74) is -1.49. The lowest BCUT2D eigenvalue weighted by molar-refractivity contribution is -0.127. The Kier molecular flexibility index (Phi) is 6.67. The fourth-order valence-electron chi connectivity index (χ4n) is 4.70. The molecule has 162 valence electrons. The number of nitrogens with zero attached hydrogens (tertiary/aromatic N) is 1. The average Bonchev–Trinajstić information content (AvgIpc) is 3.16.